The molecule has 0 aliphatic rings. The average Bonchev–Trinajstić information content (AvgIpc) is 2.71. The summed E-state index contributed by atoms with van der Waals surface area (Å²) in [6, 6.07) is 12.4. The van der Waals surface area contributed by atoms with Crippen LogP contribution in [0.15, 0.2) is 30.3 Å². The summed E-state index contributed by atoms with van der Waals surface area (Å²) in [6.07, 6.45) is 0.933. The zero-order valence-electron chi connectivity index (χ0n) is 9.60. The van der Waals surface area contributed by atoms with E-state index in [1.54, 1.807) is 0 Å². The molecule has 0 bridgehead atoms. The molecule has 2 aromatic rings. The van der Waals surface area contributed by atoms with Gasteiger partial charge >= 0.3 is 0 Å². The SMILES string of the molecule is Cc1nc(NCCc2ccccc2)c(C#N)s1. The van der Waals surface area contributed by atoms with Gasteiger partial charge in [-0.25, -0.2) is 4.98 Å². The van der Waals surface area contributed by atoms with Gasteiger partial charge in [0, 0.05) is 6.54 Å². The average molecular weight is 243 g/mol. The first-order chi connectivity index (χ1) is 8.29. The van der Waals surface area contributed by atoms with Gasteiger partial charge in [0.1, 0.15) is 10.9 Å². The van der Waals surface area contributed by atoms with Crippen LogP contribution in [0.2, 0.25) is 0 Å². The second-order valence-corrected chi connectivity index (χ2v) is 4.89. The number of nitriles is 1. The minimum absolute atomic E-state index is 0.663. The molecule has 0 amide bonds. The smallest absolute Gasteiger partial charge is 0.155 e. The minimum Gasteiger partial charge on any atom is -0.368 e. The zero-order valence-corrected chi connectivity index (χ0v) is 10.4. The van der Waals surface area contributed by atoms with Crippen LogP contribution in [-0.2, 0) is 6.42 Å². The van der Waals surface area contributed by atoms with Crippen molar-refractivity contribution in [1.82, 2.24) is 4.98 Å². The molecule has 2 rings (SSSR count). The van der Waals surface area contributed by atoms with Crippen LogP contribution in [-0.4, -0.2) is 11.5 Å². The van der Waals surface area contributed by atoms with Crippen LogP contribution in [0.5, 0.6) is 0 Å². The van der Waals surface area contributed by atoms with E-state index in [-0.39, 0.29) is 0 Å². The molecule has 0 fully saturated rings. The number of hydrogen-bond donors (Lipinski definition) is 1. The fourth-order valence-corrected chi connectivity index (χ4v) is 2.29. The van der Waals surface area contributed by atoms with Crippen LogP contribution in [0.25, 0.3) is 0 Å². The van der Waals surface area contributed by atoms with Gasteiger partial charge < -0.3 is 5.32 Å². The van der Waals surface area contributed by atoms with Gasteiger partial charge in [-0.15, -0.1) is 11.3 Å². The topological polar surface area (TPSA) is 48.7 Å². The van der Waals surface area contributed by atoms with Gasteiger partial charge in [-0.2, -0.15) is 5.26 Å². The van der Waals surface area contributed by atoms with Crippen molar-refractivity contribution in [3.8, 4) is 6.07 Å². The van der Waals surface area contributed by atoms with Crippen molar-refractivity contribution in [3.05, 3.63) is 45.8 Å². The standard InChI is InChI=1S/C13H13N3S/c1-10-16-13(12(9-14)17-10)15-8-7-11-5-3-2-4-6-11/h2-6,15H,7-8H2,1H3. The van der Waals surface area contributed by atoms with Crippen LogP contribution in [0.3, 0.4) is 0 Å². The minimum atomic E-state index is 0.663. The van der Waals surface area contributed by atoms with Crippen molar-refractivity contribution in [3.63, 3.8) is 0 Å². The van der Waals surface area contributed by atoms with Crippen molar-refractivity contribution < 1.29 is 0 Å². The van der Waals surface area contributed by atoms with Crippen molar-refractivity contribution in [2.75, 3.05) is 11.9 Å². The second kappa shape index (κ2) is 5.46. The van der Waals surface area contributed by atoms with Crippen LogP contribution >= 0.6 is 11.3 Å². The van der Waals surface area contributed by atoms with E-state index in [0.29, 0.717) is 10.7 Å². The molecule has 1 aromatic heterocycles. The van der Waals surface area contributed by atoms with E-state index in [4.69, 9.17) is 5.26 Å². The summed E-state index contributed by atoms with van der Waals surface area (Å²) in [5.41, 5.74) is 1.28. The highest BCUT2D eigenvalue weighted by Crippen LogP contribution is 2.21. The Balaban J connectivity index is 1.93. The molecule has 3 nitrogen and oxygen atoms in total. The number of rotatable bonds is 4. The molecular weight excluding hydrogens is 230 g/mol. The van der Waals surface area contributed by atoms with Crippen LogP contribution in [0.4, 0.5) is 5.82 Å². The monoisotopic (exact) mass is 243 g/mol. The summed E-state index contributed by atoms with van der Waals surface area (Å²) in [4.78, 5) is 4.96. The summed E-state index contributed by atoms with van der Waals surface area (Å²) in [7, 11) is 0. The summed E-state index contributed by atoms with van der Waals surface area (Å²) >= 11 is 1.43. The highest BCUT2D eigenvalue weighted by Gasteiger charge is 2.07. The molecule has 0 saturated heterocycles. The van der Waals surface area contributed by atoms with Gasteiger partial charge in [-0.3, -0.25) is 0 Å². The summed E-state index contributed by atoms with van der Waals surface area (Å²) in [5.74, 6) is 0.714. The predicted octanol–water partition coefficient (Wildman–Crippen LogP) is 2.98. The number of hydrogen-bond acceptors (Lipinski definition) is 4. The Morgan fingerprint density at radius 1 is 1.35 bits per heavy atom. The normalized spacial score (nSPS) is 9.88. The number of nitrogens with one attached hydrogen (secondary N) is 1. The molecule has 4 heteroatoms. The summed E-state index contributed by atoms with van der Waals surface area (Å²) in [6.45, 7) is 2.70. The first-order valence-electron chi connectivity index (χ1n) is 5.45. The Morgan fingerprint density at radius 2 is 2.12 bits per heavy atom. The van der Waals surface area contributed by atoms with E-state index in [2.05, 4.69) is 28.5 Å². The maximum atomic E-state index is 8.93. The van der Waals surface area contributed by atoms with E-state index in [0.717, 1.165) is 18.0 Å². The third-order valence-electron chi connectivity index (χ3n) is 2.38. The van der Waals surface area contributed by atoms with Gasteiger partial charge in [-0.1, -0.05) is 30.3 Å². The highest BCUT2D eigenvalue weighted by atomic mass is 32.1. The fraction of sp³-hybridized carbons (Fsp3) is 0.231. The van der Waals surface area contributed by atoms with E-state index >= 15 is 0 Å². The summed E-state index contributed by atoms with van der Waals surface area (Å²) in [5, 5.41) is 13.1. The lowest BCUT2D eigenvalue weighted by atomic mass is 10.1. The number of aryl methyl sites for hydroxylation is 1. The molecule has 0 saturated carbocycles. The molecule has 0 atom stereocenters. The maximum Gasteiger partial charge on any atom is 0.155 e. The third kappa shape index (κ3) is 3.05. The highest BCUT2D eigenvalue weighted by molar-refractivity contribution is 7.12. The number of anilines is 1. The molecule has 0 spiro atoms. The quantitative estimate of drug-likeness (QED) is 0.898. The predicted molar refractivity (Wildman–Crippen MR) is 70.2 cm³/mol. The number of aromatic nitrogens is 1. The Morgan fingerprint density at radius 3 is 2.82 bits per heavy atom. The van der Waals surface area contributed by atoms with Crippen molar-refractivity contribution in [1.29, 1.82) is 5.26 Å². The molecule has 1 heterocycles. The van der Waals surface area contributed by atoms with Gasteiger partial charge in [0.15, 0.2) is 5.82 Å². The van der Waals surface area contributed by atoms with Crippen molar-refractivity contribution in [2.24, 2.45) is 0 Å². The Kier molecular flexibility index (Phi) is 3.73. The molecule has 0 unspecified atom stereocenters. The second-order valence-electron chi connectivity index (χ2n) is 3.68. The molecular formula is C13H13N3S. The lowest BCUT2D eigenvalue weighted by Crippen LogP contribution is -2.06. The van der Waals surface area contributed by atoms with Crippen LogP contribution < -0.4 is 5.32 Å². The third-order valence-corrected chi connectivity index (χ3v) is 3.26. The molecule has 0 aliphatic carbocycles. The van der Waals surface area contributed by atoms with Crippen LogP contribution in [0.1, 0.15) is 15.4 Å². The van der Waals surface area contributed by atoms with E-state index in [1.807, 2.05) is 25.1 Å². The van der Waals surface area contributed by atoms with Crippen molar-refractivity contribution in [2.45, 2.75) is 13.3 Å². The van der Waals surface area contributed by atoms with Gasteiger partial charge in [0.05, 0.1) is 5.01 Å². The van der Waals surface area contributed by atoms with Gasteiger partial charge in [0.25, 0.3) is 0 Å². The maximum absolute atomic E-state index is 8.93. The summed E-state index contributed by atoms with van der Waals surface area (Å²) < 4.78 is 0. The fourth-order valence-electron chi connectivity index (χ4n) is 1.59. The Labute approximate surface area is 105 Å². The molecule has 17 heavy (non-hydrogen) atoms. The van der Waals surface area contributed by atoms with E-state index in [9.17, 15) is 0 Å². The van der Waals surface area contributed by atoms with E-state index < -0.39 is 0 Å². The van der Waals surface area contributed by atoms with Gasteiger partial charge in [0.2, 0.25) is 0 Å². The Bertz CT molecular complexity index is 525. The molecule has 86 valence electrons. The molecule has 1 aromatic carbocycles. The van der Waals surface area contributed by atoms with Gasteiger partial charge in [-0.05, 0) is 18.9 Å². The number of thiazole rings is 1. The number of nitrogens with zero attached hydrogens (tertiary/aromatic N) is 2. The first kappa shape index (κ1) is 11.6. The largest absolute Gasteiger partial charge is 0.368 e. The molecule has 1 N–H and O–H groups in total. The lowest BCUT2D eigenvalue weighted by molar-refractivity contribution is 1.01. The lowest BCUT2D eigenvalue weighted by Gasteiger charge is -2.03. The zero-order chi connectivity index (χ0) is 12.1. The molecule has 0 aliphatic heterocycles. The number of benzene rings is 1. The Hall–Kier alpha value is -1.86. The van der Waals surface area contributed by atoms with Crippen molar-refractivity contribution >= 4 is 17.2 Å². The molecule has 0 radical (unpaired) electrons. The first-order valence-corrected chi connectivity index (χ1v) is 6.26. The van der Waals surface area contributed by atoms with Crippen LogP contribution in [0, 0.1) is 18.3 Å². The van der Waals surface area contributed by atoms with E-state index in [1.165, 1.54) is 16.9 Å².